The van der Waals surface area contributed by atoms with Crippen LogP contribution in [0.1, 0.15) is 64.1 Å². The van der Waals surface area contributed by atoms with Crippen molar-refractivity contribution in [3.05, 3.63) is 33.9 Å². The number of carboxylic acids is 1. The van der Waals surface area contributed by atoms with Crippen molar-refractivity contribution in [2.24, 2.45) is 0 Å². The topological polar surface area (TPSA) is 90.1 Å². The van der Waals surface area contributed by atoms with Gasteiger partial charge in [0.2, 0.25) is 0 Å². The summed E-state index contributed by atoms with van der Waals surface area (Å²) in [4.78, 5) is 22.6. The van der Waals surface area contributed by atoms with Crippen molar-refractivity contribution in [2.75, 3.05) is 18.0 Å². The number of pyridine rings is 1. The van der Waals surface area contributed by atoms with Crippen molar-refractivity contribution >= 4 is 58.9 Å². The zero-order chi connectivity index (χ0) is 22.9. The predicted octanol–water partition coefficient (Wildman–Crippen LogP) is 6.46. The third-order valence-electron chi connectivity index (χ3n) is 4.81. The van der Waals surface area contributed by atoms with Crippen LogP contribution in [0.3, 0.4) is 0 Å². The molecule has 2 aromatic heterocycles. The van der Waals surface area contributed by atoms with Gasteiger partial charge >= 0.3 is 5.97 Å². The first-order valence-electron chi connectivity index (χ1n) is 10.4. The molecule has 32 heavy (non-hydrogen) atoms. The molecule has 0 bridgehead atoms. The monoisotopic (exact) mass is 516 g/mol. The molecule has 2 aromatic rings. The summed E-state index contributed by atoms with van der Waals surface area (Å²) in [6.45, 7) is 7.09. The summed E-state index contributed by atoms with van der Waals surface area (Å²) in [7, 11) is 0. The summed E-state index contributed by atoms with van der Waals surface area (Å²) in [5, 5.41) is 20.9. The fraction of sp³-hybridized carbons (Fsp3) is 0.545. The van der Waals surface area contributed by atoms with Crippen LogP contribution < -0.4 is 4.90 Å². The lowest BCUT2D eigenvalue weighted by molar-refractivity contribution is -0.138. The summed E-state index contributed by atoms with van der Waals surface area (Å²) in [6.07, 6.45) is 8.11. The number of hydrogen-bond donors (Lipinski definition) is 1. The summed E-state index contributed by atoms with van der Waals surface area (Å²) in [5.41, 5.74) is 1.37. The normalized spacial score (nSPS) is 11.0. The van der Waals surface area contributed by atoms with E-state index in [4.69, 9.17) is 16.9 Å². The number of anilines is 1. The Kier molecular flexibility index (Phi) is 12.4. The van der Waals surface area contributed by atoms with Crippen molar-refractivity contribution in [3.63, 3.8) is 0 Å². The molecule has 6 nitrogen and oxygen atoms in total. The maximum Gasteiger partial charge on any atom is 0.319 e. The number of nitrogens with zero attached hydrogens (tertiary/aromatic N) is 4. The van der Waals surface area contributed by atoms with Gasteiger partial charge < -0.3 is 10.0 Å². The molecule has 0 unspecified atom stereocenters. The molecular weight excluding hydrogens is 487 g/mol. The molecular formula is C22H30Cl2N4O2S2. The van der Waals surface area contributed by atoms with E-state index in [-0.39, 0.29) is 12.4 Å². The fourth-order valence-electron chi connectivity index (χ4n) is 2.92. The molecule has 0 saturated carbocycles. The van der Waals surface area contributed by atoms with Gasteiger partial charge in [-0.25, -0.2) is 9.97 Å². The van der Waals surface area contributed by atoms with Gasteiger partial charge in [-0.1, -0.05) is 56.0 Å². The van der Waals surface area contributed by atoms with Crippen LogP contribution in [0.5, 0.6) is 0 Å². The number of carboxylic acid groups (broad SMARTS) is 1. The van der Waals surface area contributed by atoms with Crippen molar-refractivity contribution in [1.29, 1.82) is 5.26 Å². The van der Waals surface area contributed by atoms with Gasteiger partial charge in [-0.15, -0.1) is 23.7 Å². The highest BCUT2D eigenvalue weighted by molar-refractivity contribution is 8.02. The zero-order valence-corrected chi connectivity index (χ0v) is 21.8. The number of aliphatic carboxylic acids is 1. The van der Waals surface area contributed by atoms with Gasteiger partial charge in [0, 0.05) is 31.1 Å². The SMILES string of the molecule is CCCCCCCN(CCc1csc(SC(C)(C)C(=O)O)n1)c1ncc(C#N)cc1Cl.Cl. The summed E-state index contributed by atoms with van der Waals surface area (Å²) in [5.74, 6) is -0.168. The van der Waals surface area contributed by atoms with Crippen LogP contribution in [0.15, 0.2) is 22.0 Å². The van der Waals surface area contributed by atoms with Gasteiger partial charge in [0.15, 0.2) is 4.34 Å². The second-order valence-corrected chi connectivity index (χ2v) is 10.9. The van der Waals surface area contributed by atoms with E-state index in [0.717, 1.165) is 29.4 Å². The van der Waals surface area contributed by atoms with Gasteiger partial charge in [0.05, 0.1) is 16.3 Å². The summed E-state index contributed by atoms with van der Waals surface area (Å²) < 4.78 is -0.164. The lowest BCUT2D eigenvalue weighted by Gasteiger charge is -2.24. The number of thiazole rings is 1. The molecule has 0 atom stereocenters. The Hall–Kier alpha value is -1.53. The van der Waals surface area contributed by atoms with E-state index in [1.165, 1.54) is 42.4 Å². The molecule has 1 N–H and O–H groups in total. The van der Waals surface area contributed by atoms with Gasteiger partial charge in [-0.05, 0) is 26.3 Å². The Morgan fingerprint density at radius 1 is 1.31 bits per heavy atom. The lowest BCUT2D eigenvalue weighted by atomic mass is 10.1. The molecule has 0 aromatic carbocycles. The quantitative estimate of drug-likeness (QED) is 0.241. The highest BCUT2D eigenvalue weighted by Crippen LogP contribution is 2.35. The van der Waals surface area contributed by atoms with E-state index in [1.54, 1.807) is 26.1 Å². The van der Waals surface area contributed by atoms with Crippen molar-refractivity contribution in [2.45, 2.75) is 68.4 Å². The Morgan fingerprint density at radius 2 is 2.03 bits per heavy atom. The van der Waals surface area contributed by atoms with Crippen LogP contribution in [0.4, 0.5) is 5.82 Å². The number of halogens is 2. The Morgan fingerprint density at radius 3 is 2.66 bits per heavy atom. The molecule has 176 valence electrons. The van der Waals surface area contributed by atoms with Gasteiger partial charge in [0.25, 0.3) is 0 Å². The van der Waals surface area contributed by atoms with Crippen molar-refractivity contribution in [1.82, 2.24) is 9.97 Å². The van der Waals surface area contributed by atoms with Crippen LogP contribution in [-0.2, 0) is 11.2 Å². The highest BCUT2D eigenvalue weighted by atomic mass is 35.5. The Labute approximate surface area is 209 Å². The largest absolute Gasteiger partial charge is 0.480 e. The number of carbonyl (C=O) groups is 1. The Bertz CT molecular complexity index is 916. The number of rotatable bonds is 13. The van der Waals surface area contributed by atoms with Gasteiger partial charge in [-0.3, -0.25) is 4.79 Å². The third kappa shape index (κ3) is 8.78. The van der Waals surface area contributed by atoms with Gasteiger partial charge in [-0.2, -0.15) is 5.26 Å². The standard InChI is InChI=1S/C22H29ClN4O2S2.ClH/c1-4-5-6-7-8-10-27(19-18(23)12-16(13-24)14-25-19)11-9-17-15-30-21(26-17)31-22(2,3)20(28)29;/h12,14-15H,4-11H2,1-3H3,(H,28,29);1H. The summed E-state index contributed by atoms with van der Waals surface area (Å²) >= 11 is 9.16. The van der Waals surface area contributed by atoms with Crippen LogP contribution in [0.2, 0.25) is 5.02 Å². The molecule has 2 rings (SSSR count). The maximum absolute atomic E-state index is 11.4. The molecule has 0 fully saturated rings. The number of thioether (sulfide) groups is 1. The maximum atomic E-state index is 11.4. The van der Waals surface area contributed by atoms with Crippen LogP contribution in [0.25, 0.3) is 0 Å². The first-order chi connectivity index (χ1) is 14.8. The van der Waals surface area contributed by atoms with Crippen LogP contribution in [0, 0.1) is 11.3 Å². The van der Waals surface area contributed by atoms with E-state index in [0.29, 0.717) is 29.4 Å². The van der Waals surface area contributed by atoms with Crippen molar-refractivity contribution < 1.29 is 9.90 Å². The molecule has 0 spiro atoms. The first-order valence-corrected chi connectivity index (χ1v) is 12.5. The molecule has 0 aliphatic rings. The van der Waals surface area contributed by atoms with Crippen molar-refractivity contribution in [3.8, 4) is 6.07 Å². The molecule has 10 heteroatoms. The second-order valence-electron chi connectivity index (χ2n) is 7.81. The molecule has 2 heterocycles. The van der Waals surface area contributed by atoms with E-state index < -0.39 is 10.7 Å². The second kappa shape index (κ2) is 13.9. The van der Waals surface area contributed by atoms with Crippen LogP contribution >= 0.6 is 47.1 Å². The Balaban J connectivity index is 0.00000512. The molecule has 0 amide bonds. The molecule has 0 aliphatic heterocycles. The fourth-order valence-corrected chi connectivity index (χ4v) is 5.43. The van der Waals surface area contributed by atoms with Gasteiger partial charge in [0.1, 0.15) is 16.6 Å². The van der Waals surface area contributed by atoms with E-state index in [1.807, 2.05) is 5.38 Å². The minimum Gasteiger partial charge on any atom is -0.480 e. The molecule has 0 aliphatic carbocycles. The number of unbranched alkanes of at least 4 members (excludes halogenated alkanes) is 4. The minimum absolute atomic E-state index is 0. The minimum atomic E-state index is -0.917. The average molecular weight is 518 g/mol. The number of aromatic nitrogens is 2. The molecule has 0 saturated heterocycles. The number of nitriles is 1. The lowest BCUT2D eigenvalue weighted by Crippen LogP contribution is -2.28. The smallest absolute Gasteiger partial charge is 0.319 e. The van der Waals surface area contributed by atoms with E-state index in [9.17, 15) is 9.90 Å². The highest BCUT2D eigenvalue weighted by Gasteiger charge is 2.29. The third-order valence-corrected chi connectivity index (χ3v) is 7.26. The zero-order valence-electron chi connectivity index (χ0n) is 18.6. The number of hydrogen-bond acceptors (Lipinski definition) is 7. The predicted molar refractivity (Wildman–Crippen MR) is 136 cm³/mol. The molecule has 0 radical (unpaired) electrons. The summed E-state index contributed by atoms with van der Waals surface area (Å²) in [6, 6.07) is 3.72. The average Bonchev–Trinajstić information content (AvgIpc) is 3.16. The van der Waals surface area contributed by atoms with Crippen LogP contribution in [-0.4, -0.2) is 38.9 Å². The van der Waals surface area contributed by atoms with E-state index >= 15 is 0 Å². The van der Waals surface area contributed by atoms with E-state index in [2.05, 4.69) is 27.9 Å². The first kappa shape index (κ1) is 28.5.